The van der Waals surface area contributed by atoms with Crippen LogP contribution < -0.4 is 16.0 Å². The largest absolute Gasteiger partial charge is 0.399 e. The van der Waals surface area contributed by atoms with E-state index in [4.69, 9.17) is 5.73 Å². The number of rotatable bonds is 3. The minimum atomic E-state index is -0.135. The van der Waals surface area contributed by atoms with Gasteiger partial charge in [0, 0.05) is 36.7 Å². The van der Waals surface area contributed by atoms with Crippen molar-refractivity contribution >= 4 is 23.0 Å². The second-order valence-electron chi connectivity index (χ2n) is 4.97. The first-order valence-electron chi connectivity index (χ1n) is 6.42. The van der Waals surface area contributed by atoms with Gasteiger partial charge in [-0.25, -0.2) is 0 Å². The molecule has 0 aliphatic heterocycles. The zero-order valence-corrected chi connectivity index (χ0v) is 12.0. The number of nitrogen functional groups attached to an aromatic ring is 1. The summed E-state index contributed by atoms with van der Waals surface area (Å²) in [7, 11) is 3.93. The van der Waals surface area contributed by atoms with Crippen LogP contribution in [0.2, 0.25) is 0 Å². The lowest BCUT2D eigenvalue weighted by Crippen LogP contribution is -2.13. The summed E-state index contributed by atoms with van der Waals surface area (Å²) in [6.07, 6.45) is 0. The summed E-state index contributed by atoms with van der Waals surface area (Å²) in [4.78, 5) is 14.2. The van der Waals surface area contributed by atoms with E-state index in [1.807, 2.05) is 50.2 Å². The van der Waals surface area contributed by atoms with Crippen molar-refractivity contribution in [3.63, 3.8) is 0 Å². The summed E-state index contributed by atoms with van der Waals surface area (Å²) >= 11 is 0. The Hall–Kier alpha value is -2.49. The maximum Gasteiger partial charge on any atom is 0.255 e. The van der Waals surface area contributed by atoms with Gasteiger partial charge in [-0.15, -0.1) is 0 Å². The molecule has 1 amide bonds. The van der Waals surface area contributed by atoms with Crippen LogP contribution >= 0.6 is 0 Å². The third kappa shape index (κ3) is 3.09. The fourth-order valence-corrected chi connectivity index (χ4v) is 1.88. The SMILES string of the molecule is Cc1cc(C(=O)Nc2cccc(N(C)C)c2)ccc1N. The van der Waals surface area contributed by atoms with Crippen LogP contribution in [0.25, 0.3) is 0 Å². The number of amides is 1. The lowest BCUT2D eigenvalue weighted by molar-refractivity contribution is 0.102. The van der Waals surface area contributed by atoms with Gasteiger partial charge in [0.05, 0.1) is 0 Å². The summed E-state index contributed by atoms with van der Waals surface area (Å²) in [5.74, 6) is -0.135. The number of nitrogens with two attached hydrogens (primary N) is 1. The van der Waals surface area contributed by atoms with Crippen molar-refractivity contribution in [1.82, 2.24) is 0 Å². The third-order valence-electron chi connectivity index (χ3n) is 3.15. The van der Waals surface area contributed by atoms with Crippen LogP contribution in [-0.2, 0) is 0 Å². The van der Waals surface area contributed by atoms with E-state index in [9.17, 15) is 4.79 Å². The molecule has 0 spiro atoms. The first-order chi connectivity index (χ1) is 9.47. The molecule has 3 N–H and O–H groups in total. The molecule has 0 aliphatic carbocycles. The number of hydrogen-bond acceptors (Lipinski definition) is 3. The zero-order chi connectivity index (χ0) is 14.7. The molecule has 0 saturated carbocycles. The minimum Gasteiger partial charge on any atom is -0.399 e. The maximum absolute atomic E-state index is 12.2. The van der Waals surface area contributed by atoms with Crippen molar-refractivity contribution in [3.8, 4) is 0 Å². The van der Waals surface area contributed by atoms with E-state index in [2.05, 4.69) is 5.32 Å². The van der Waals surface area contributed by atoms with Gasteiger partial charge in [0.2, 0.25) is 0 Å². The summed E-state index contributed by atoms with van der Waals surface area (Å²) in [6, 6.07) is 13.0. The predicted molar refractivity (Wildman–Crippen MR) is 84.3 cm³/mol. The summed E-state index contributed by atoms with van der Waals surface area (Å²) < 4.78 is 0. The second kappa shape index (κ2) is 5.65. The Labute approximate surface area is 119 Å². The van der Waals surface area contributed by atoms with Crippen LogP contribution in [0.15, 0.2) is 42.5 Å². The van der Waals surface area contributed by atoms with E-state index < -0.39 is 0 Å². The summed E-state index contributed by atoms with van der Waals surface area (Å²) in [5.41, 5.74) is 9.77. The molecule has 0 heterocycles. The fourth-order valence-electron chi connectivity index (χ4n) is 1.88. The average Bonchev–Trinajstić information content (AvgIpc) is 2.42. The number of anilines is 3. The minimum absolute atomic E-state index is 0.135. The highest BCUT2D eigenvalue weighted by Gasteiger charge is 2.08. The highest BCUT2D eigenvalue weighted by molar-refractivity contribution is 6.04. The van der Waals surface area contributed by atoms with Gasteiger partial charge in [-0.1, -0.05) is 6.07 Å². The normalized spacial score (nSPS) is 10.2. The molecule has 0 aliphatic rings. The van der Waals surface area contributed by atoms with Gasteiger partial charge in [0.15, 0.2) is 0 Å². The lowest BCUT2D eigenvalue weighted by Gasteiger charge is -2.14. The Morgan fingerprint density at radius 1 is 1.15 bits per heavy atom. The summed E-state index contributed by atoms with van der Waals surface area (Å²) in [5, 5.41) is 2.89. The Bertz CT molecular complexity index is 635. The number of nitrogens with zero attached hydrogens (tertiary/aromatic N) is 1. The summed E-state index contributed by atoms with van der Waals surface area (Å²) in [6.45, 7) is 1.89. The average molecular weight is 269 g/mol. The molecule has 0 unspecified atom stereocenters. The number of hydrogen-bond donors (Lipinski definition) is 2. The van der Waals surface area contributed by atoms with Gasteiger partial charge in [-0.3, -0.25) is 4.79 Å². The fraction of sp³-hybridized carbons (Fsp3) is 0.188. The lowest BCUT2D eigenvalue weighted by atomic mass is 10.1. The number of nitrogens with one attached hydrogen (secondary N) is 1. The third-order valence-corrected chi connectivity index (χ3v) is 3.15. The molecule has 2 rings (SSSR count). The highest BCUT2D eigenvalue weighted by atomic mass is 16.1. The maximum atomic E-state index is 12.2. The van der Waals surface area contributed by atoms with E-state index in [0.717, 1.165) is 16.9 Å². The molecule has 0 aromatic heterocycles. The molecule has 0 atom stereocenters. The molecule has 0 radical (unpaired) electrons. The van der Waals surface area contributed by atoms with Crippen molar-refractivity contribution in [2.45, 2.75) is 6.92 Å². The Kier molecular flexibility index (Phi) is 3.94. The monoisotopic (exact) mass is 269 g/mol. The molecule has 20 heavy (non-hydrogen) atoms. The van der Waals surface area contributed by atoms with Crippen molar-refractivity contribution in [1.29, 1.82) is 0 Å². The van der Waals surface area contributed by atoms with Crippen LogP contribution in [0.5, 0.6) is 0 Å². The molecule has 0 fully saturated rings. The molecule has 4 nitrogen and oxygen atoms in total. The number of carbonyl (C=O) groups is 1. The van der Waals surface area contributed by atoms with Crippen molar-refractivity contribution in [3.05, 3.63) is 53.6 Å². The Morgan fingerprint density at radius 2 is 1.90 bits per heavy atom. The second-order valence-corrected chi connectivity index (χ2v) is 4.97. The standard InChI is InChI=1S/C16H19N3O/c1-11-9-12(7-8-15(11)17)16(20)18-13-5-4-6-14(10-13)19(2)3/h4-10H,17H2,1-3H3,(H,18,20). The van der Waals surface area contributed by atoms with Crippen LogP contribution in [-0.4, -0.2) is 20.0 Å². The molecule has 2 aromatic carbocycles. The Balaban J connectivity index is 2.19. The van der Waals surface area contributed by atoms with E-state index in [1.54, 1.807) is 18.2 Å². The smallest absolute Gasteiger partial charge is 0.255 e. The number of benzene rings is 2. The van der Waals surface area contributed by atoms with E-state index >= 15 is 0 Å². The van der Waals surface area contributed by atoms with E-state index in [-0.39, 0.29) is 5.91 Å². The van der Waals surface area contributed by atoms with Gasteiger partial charge < -0.3 is 16.0 Å². The van der Waals surface area contributed by atoms with Crippen LogP contribution in [0.3, 0.4) is 0 Å². The van der Waals surface area contributed by atoms with Gasteiger partial charge in [-0.2, -0.15) is 0 Å². The molecule has 0 saturated heterocycles. The van der Waals surface area contributed by atoms with Crippen LogP contribution in [0.4, 0.5) is 17.1 Å². The highest BCUT2D eigenvalue weighted by Crippen LogP contribution is 2.19. The van der Waals surface area contributed by atoms with E-state index in [0.29, 0.717) is 11.3 Å². The molecule has 104 valence electrons. The van der Waals surface area contributed by atoms with Crippen molar-refractivity contribution in [2.75, 3.05) is 30.0 Å². The molecule has 4 heteroatoms. The number of aryl methyl sites for hydroxylation is 1. The number of carbonyl (C=O) groups excluding carboxylic acids is 1. The van der Waals surface area contributed by atoms with Gasteiger partial charge in [-0.05, 0) is 48.9 Å². The zero-order valence-electron chi connectivity index (χ0n) is 12.0. The first-order valence-corrected chi connectivity index (χ1v) is 6.42. The molecular formula is C16H19N3O. The topological polar surface area (TPSA) is 58.4 Å². The van der Waals surface area contributed by atoms with Crippen molar-refractivity contribution < 1.29 is 4.79 Å². The molecular weight excluding hydrogens is 250 g/mol. The predicted octanol–water partition coefficient (Wildman–Crippen LogP) is 2.90. The quantitative estimate of drug-likeness (QED) is 0.842. The van der Waals surface area contributed by atoms with Crippen LogP contribution in [0.1, 0.15) is 15.9 Å². The van der Waals surface area contributed by atoms with Gasteiger partial charge >= 0.3 is 0 Å². The molecule has 0 bridgehead atoms. The van der Waals surface area contributed by atoms with Crippen molar-refractivity contribution in [2.24, 2.45) is 0 Å². The van der Waals surface area contributed by atoms with Crippen LogP contribution in [0, 0.1) is 6.92 Å². The Morgan fingerprint density at radius 3 is 2.55 bits per heavy atom. The van der Waals surface area contributed by atoms with Gasteiger partial charge in [0.1, 0.15) is 0 Å². The van der Waals surface area contributed by atoms with Gasteiger partial charge in [0.25, 0.3) is 5.91 Å². The first kappa shape index (κ1) is 13.9. The van der Waals surface area contributed by atoms with E-state index in [1.165, 1.54) is 0 Å². The molecule has 2 aromatic rings.